The molecule has 1 aromatic rings. The van der Waals surface area contributed by atoms with Crippen molar-refractivity contribution >= 4 is 27.4 Å². The Hall–Kier alpha value is -1.03. The second-order valence-electron chi connectivity index (χ2n) is 2.42. The van der Waals surface area contributed by atoms with Gasteiger partial charge in [0, 0.05) is 5.56 Å². The highest BCUT2D eigenvalue weighted by Gasteiger charge is 2.10. The van der Waals surface area contributed by atoms with E-state index in [4.69, 9.17) is 10.8 Å². The van der Waals surface area contributed by atoms with Crippen LogP contribution in [0.2, 0.25) is 0 Å². The molecule has 0 atom stereocenters. The maximum atomic E-state index is 10.9. The van der Waals surface area contributed by atoms with E-state index in [1.54, 1.807) is 0 Å². The lowest BCUT2D eigenvalue weighted by atomic mass is 10.1. The van der Waals surface area contributed by atoms with Crippen molar-refractivity contribution in [3.63, 3.8) is 0 Å². The number of ketones is 1. The monoisotopic (exact) mass is 229 g/mol. The molecule has 3 N–H and O–H groups in total. The van der Waals surface area contributed by atoms with Gasteiger partial charge in [0.25, 0.3) is 0 Å². The van der Waals surface area contributed by atoms with Gasteiger partial charge in [-0.15, -0.1) is 0 Å². The molecule has 1 aromatic carbocycles. The Morgan fingerprint density at radius 3 is 2.67 bits per heavy atom. The molecule has 3 nitrogen and oxygen atoms in total. The first-order chi connectivity index (χ1) is 5.54. The second-order valence-corrected chi connectivity index (χ2v) is 3.21. The lowest BCUT2D eigenvalue weighted by molar-refractivity contribution is 0.101. The molecule has 0 heterocycles. The zero-order chi connectivity index (χ0) is 9.30. The SMILES string of the molecule is CC(=O)c1ccc(O)c(Br)c1N. The molecule has 0 aliphatic rings. The van der Waals surface area contributed by atoms with Gasteiger partial charge in [-0.2, -0.15) is 0 Å². The predicted molar refractivity (Wildman–Crippen MR) is 50.2 cm³/mol. The molecule has 0 bridgehead atoms. The van der Waals surface area contributed by atoms with Gasteiger partial charge >= 0.3 is 0 Å². The normalized spacial score (nSPS) is 9.83. The molecular formula is C8H8BrNO2. The van der Waals surface area contributed by atoms with E-state index in [2.05, 4.69) is 15.9 Å². The molecule has 0 spiro atoms. The van der Waals surface area contributed by atoms with Crippen LogP contribution in [0.25, 0.3) is 0 Å². The van der Waals surface area contributed by atoms with Crippen LogP contribution in [0.4, 0.5) is 5.69 Å². The summed E-state index contributed by atoms with van der Waals surface area (Å²) in [7, 11) is 0. The third-order valence-electron chi connectivity index (χ3n) is 1.54. The number of hydrogen-bond acceptors (Lipinski definition) is 3. The van der Waals surface area contributed by atoms with E-state index < -0.39 is 0 Å². The van der Waals surface area contributed by atoms with E-state index in [0.717, 1.165) is 0 Å². The van der Waals surface area contributed by atoms with E-state index in [-0.39, 0.29) is 17.2 Å². The molecule has 4 heteroatoms. The Balaban J connectivity index is 3.36. The molecule has 12 heavy (non-hydrogen) atoms. The average Bonchev–Trinajstić information content (AvgIpc) is 2.00. The number of nitrogens with two attached hydrogens (primary N) is 1. The zero-order valence-electron chi connectivity index (χ0n) is 6.47. The van der Waals surface area contributed by atoms with Crippen molar-refractivity contribution in [2.75, 3.05) is 5.73 Å². The van der Waals surface area contributed by atoms with Gasteiger partial charge in [-0.3, -0.25) is 4.79 Å². The van der Waals surface area contributed by atoms with Gasteiger partial charge in [-0.25, -0.2) is 0 Å². The van der Waals surface area contributed by atoms with Gasteiger partial charge in [0.1, 0.15) is 5.75 Å². The van der Waals surface area contributed by atoms with Crippen LogP contribution in [0.5, 0.6) is 5.75 Å². The van der Waals surface area contributed by atoms with Gasteiger partial charge in [0.2, 0.25) is 0 Å². The number of rotatable bonds is 1. The largest absolute Gasteiger partial charge is 0.507 e. The lowest BCUT2D eigenvalue weighted by Gasteiger charge is -2.04. The Morgan fingerprint density at radius 2 is 2.17 bits per heavy atom. The Morgan fingerprint density at radius 1 is 1.58 bits per heavy atom. The van der Waals surface area contributed by atoms with E-state index in [9.17, 15) is 4.79 Å². The highest BCUT2D eigenvalue weighted by Crippen LogP contribution is 2.32. The maximum absolute atomic E-state index is 10.9. The summed E-state index contributed by atoms with van der Waals surface area (Å²) in [5.41, 5.74) is 6.25. The van der Waals surface area contributed by atoms with Crippen molar-refractivity contribution in [3.05, 3.63) is 22.2 Å². The number of hydrogen-bond donors (Lipinski definition) is 2. The standard InChI is InChI=1S/C8H8BrNO2/c1-4(11)5-2-3-6(12)7(9)8(5)10/h2-3,12H,10H2,1H3. The van der Waals surface area contributed by atoms with Crippen molar-refractivity contribution in [2.24, 2.45) is 0 Å². The van der Waals surface area contributed by atoms with E-state index in [0.29, 0.717) is 10.0 Å². The minimum atomic E-state index is -0.117. The number of halogens is 1. The van der Waals surface area contributed by atoms with Gasteiger partial charge in [0.05, 0.1) is 10.2 Å². The summed E-state index contributed by atoms with van der Waals surface area (Å²) in [5, 5.41) is 9.17. The molecule has 0 saturated heterocycles. The summed E-state index contributed by atoms with van der Waals surface area (Å²) in [6.45, 7) is 1.43. The molecule has 64 valence electrons. The number of phenols is 1. The van der Waals surface area contributed by atoms with Crippen molar-refractivity contribution in [3.8, 4) is 5.75 Å². The van der Waals surface area contributed by atoms with Crippen molar-refractivity contribution < 1.29 is 9.90 Å². The first-order valence-electron chi connectivity index (χ1n) is 3.32. The highest BCUT2D eigenvalue weighted by molar-refractivity contribution is 9.10. The van der Waals surface area contributed by atoms with E-state index in [1.165, 1.54) is 19.1 Å². The van der Waals surface area contributed by atoms with Crippen molar-refractivity contribution in [2.45, 2.75) is 6.92 Å². The Kier molecular flexibility index (Phi) is 2.38. The predicted octanol–water partition coefficient (Wildman–Crippen LogP) is 1.94. The fourth-order valence-electron chi connectivity index (χ4n) is 0.888. The molecule has 0 aromatic heterocycles. The molecule has 0 aliphatic heterocycles. The first-order valence-corrected chi connectivity index (χ1v) is 4.11. The summed E-state index contributed by atoms with van der Waals surface area (Å²) in [5.74, 6) is -0.0781. The fourth-order valence-corrected chi connectivity index (χ4v) is 1.23. The third kappa shape index (κ3) is 1.43. The van der Waals surface area contributed by atoms with Crippen LogP contribution < -0.4 is 5.73 Å². The lowest BCUT2D eigenvalue weighted by Crippen LogP contribution is -1.99. The molecule has 0 fully saturated rings. The van der Waals surface area contributed by atoms with Gasteiger partial charge in [0.15, 0.2) is 5.78 Å². The zero-order valence-corrected chi connectivity index (χ0v) is 8.05. The van der Waals surface area contributed by atoms with Crippen LogP contribution in [-0.2, 0) is 0 Å². The number of carbonyl (C=O) groups is 1. The van der Waals surface area contributed by atoms with Crippen LogP contribution in [0.3, 0.4) is 0 Å². The summed E-state index contributed by atoms with van der Waals surface area (Å²) in [6, 6.07) is 2.93. The topological polar surface area (TPSA) is 63.3 Å². The van der Waals surface area contributed by atoms with Crippen LogP contribution >= 0.6 is 15.9 Å². The van der Waals surface area contributed by atoms with Gasteiger partial charge < -0.3 is 10.8 Å². The number of anilines is 1. The smallest absolute Gasteiger partial charge is 0.161 e. The first kappa shape index (κ1) is 9.06. The maximum Gasteiger partial charge on any atom is 0.161 e. The summed E-state index contributed by atoms with van der Waals surface area (Å²) < 4.78 is 0.371. The summed E-state index contributed by atoms with van der Waals surface area (Å²) in [6.07, 6.45) is 0. The number of phenolic OH excluding ortho intramolecular Hbond substituents is 1. The highest BCUT2D eigenvalue weighted by atomic mass is 79.9. The van der Waals surface area contributed by atoms with Crippen molar-refractivity contribution in [1.29, 1.82) is 0 Å². The minimum absolute atomic E-state index is 0.0394. The summed E-state index contributed by atoms with van der Waals surface area (Å²) >= 11 is 3.07. The Bertz CT molecular complexity index is 336. The Labute approximate surface area is 78.3 Å². The van der Waals surface area contributed by atoms with Crippen LogP contribution in [-0.4, -0.2) is 10.9 Å². The second kappa shape index (κ2) is 3.15. The average molecular weight is 230 g/mol. The van der Waals surface area contributed by atoms with Crippen LogP contribution in [0, 0.1) is 0 Å². The quantitative estimate of drug-likeness (QED) is 0.572. The number of benzene rings is 1. The fraction of sp³-hybridized carbons (Fsp3) is 0.125. The molecular weight excluding hydrogens is 222 g/mol. The van der Waals surface area contributed by atoms with E-state index in [1.807, 2.05) is 0 Å². The molecule has 0 saturated carbocycles. The van der Waals surface area contributed by atoms with Crippen molar-refractivity contribution in [1.82, 2.24) is 0 Å². The van der Waals surface area contributed by atoms with Crippen LogP contribution in [0.15, 0.2) is 16.6 Å². The minimum Gasteiger partial charge on any atom is -0.507 e. The van der Waals surface area contributed by atoms with E-state index >= 15 is 0 Å². The van der Waals surface area contributed by atoms with Gasteiger partial charge in [-0.05, 0) is 35.0 Å². The summed E-state index contributed by atoms with van der Waals surface area (Å²) in [4.78, 5) is 10.9. The molecule has 0 unspecified atom stereocenters. The number of carbonyl (C=O) groups excluding carboxylic acids is 1. The van der Waals surface area contributed by atoms with Crippen LogP contribution in [0.1, 0.15) is 17.3 Å². The third-order valence-corrected chi connectivity index (χ3v) is 2.37. The molecule has 0 radical (unpaired) electrons. The molecule has 0 aliphatic carbocycles. The number of nitrogen functional groups attached to an aromatic ring is 1. The van der Waals surface area contributed by atoms with Gasteiger partial charge in [-0.1, -0.05) is 0 Å². The number of Topliss-reactive ketones (excluding diaryl/α,β-unsaturated/α-hetero) is 1. The molecule has 1 rings (SSSR count). The molecule has 0 amide bonds. The number of aromatic hydroxyl groups is 1.